The minimum atomic E-state index is -0.149. The van der Waals surface area contributed by atoms with Crippen molar-refractivity contribution in [3.05, 3.63) is 0 Å². The molecule has 0 bridgehead atoms. The van der Waals surface area contributed by atoms with E-state index in [9.17, 15) is 9.59 Å². The molecule has 1 rings (SSSR count). The van der Waals surface area contributed by atoms with Gasteiger partial charge in [0.15, 0.2) is 0 Å². The van der Waals surface area contributed by atoms with Gasteiger partial charge in [-0.3, -0.25) is 9.59 Å². The second-order valence-corrected chi connectivity index (χ2v) is 5.37. The summed E-state index contributed by atoms with van der Waals surface area (Å²) in [7, 11) is 1.42. The molecule has 0 aliphatic carbocycles. The summed E-state index contributed by atoms with van der Waals surface area (Å²) in [4.78, 5) is 24.8. The van der Waals surface area contributed by atoms with Gasteiger partial charge in [0.2, 0.25) is 5.91 Å². The number of carbonyl (C=O) groups is 2. The van der Waals surface area contributed by atoms with Crippen LogP contribution in [-0.4, -0.2) is 49.6 Å². The maximum Gasteiger partial charge on any atom is 0.305 e. The number of esters is 1. The highest BCUT2D eigenvalue weighted by Crippen LogP contribution is 2.22. The average Bonchev–Trinajstić information content (AvgIpc) is 2.35. The van der Waals surface area contributed by atoms with Gasteiger partial charge < -0.3 is 15.0 Å². The number of likely N-dealkylation sites (tertiary alicyclic amines) is 1. The van der Waals surface area contributed by atoms with Crippen molar-refractivity contribution in [3.8, 4) is 0 Å². The van der Waals surface area contributed by atoms with E-state index < -0.39 is 0 Å². The summed E-state index contributed by atoms with van der Waals surface area (Å²) in [6.45, 7) is 6.70. The molecule has 19 heavy (non-hydrogen) atoms. The summed E-state index contributed by atoms with van der Waals surface area (Å²) in [6, 6.07) is 0.209. The molecule has 2 unspecified atom stereocenters. The third-order valence-electron chi connectivity index (χ3n) is 3.54. The number of hydrogen-bond acceptors (Lipinski definition) is 4. The highest BCUT2D eigenvalue weighted by Gasteiger charge is 2.27. The van der Waals surface area contributed by atoms with Gasteiger partial charge in [0.25, 0.3) is 0 Å². The fourth-order valence-electron chi connectivity index (χ4n) is 2.83. The second-order valence-electron chi connectivity index (χ2n) is 5.37. The summed E-state index contributed by atoms with van der Waals surface area (Å²) >= 11 is 0. The Kier molecular flexibility index (Phi) is 6.84. The first-order valence-electron chi connectivity index (χ1n) is 7.11. The lowest BCUT2D eigenvalue weighted by molar-refractivity contribution is -0.141. The standard InChI is InChI=1S/C14H26N2O3/c1-4-7-16-9-12(5-6-14(18)19-3)8-13(10-16)15-11(2)17/h12-13H,4-10H2,1-3H3,(H,15,17). The molecule has 110 valence electrons. The smallest absolute Gasteiger partial charge is 0.305 e. The zero-order valence-electron chi connectivity index (χ0n) is 12.3. The van der Waals surface area contributed by atoms with E-state index in [0.29, 0.717) is 12.3 Å². The van der Waals surface area contributed by atoms with Gasteiger partial charge in [-0.2, -0.15) is 0 Å². The van der Waals surface area contributed by atoms with Crippen molar-refractivity contribution in [1.82, 2.24) is 10.2 Å². The monoisotopic (exact) mass is 270 g/mol. The average molecular weight is 270 g/mol. The van der Waals surface area contributed by atoms with Gasteiger partial charge in [-0.25, -0.2) is 0 Å². The molecule has 1 N–H and O–H groups in total. The van der Waals surface area contributed by atoms with E-state index in [-0.39, 0.29) is 17.9 Å². The van der Waals surface area contributed by atoms with Crippen LogP contribution in [0.4, 0.5) is 0 Å². The quantitative estimate of drug-likeness (QED) is 0.736. The van der Waals surface area contributed by atoms with Crippen LogP contribution >= 0.6 is 0 Å². The molecule has 1 amide bonds. The maximum atomic E-state index is 11.2. The molecule has 2 atom stereocenters. The Morgan fingerprint density at radius 2 is 2.11 bits per heavy atom. The molecule has 1 fully saturated rings. The van der Waals surface area contributed by atoms with Crippen molar-refractivity contribution in [2.75, 3.05) is 26.7 Å². The molecule has 0 saturated carbocycles. The van der Waals surface area contributed by atoms with Crippen molar-refractivity contribution in [2.24, 2.45) is 5.92 Å². The van der Waals surface area contributed by atoms with Crippen LogP contribution in [-0.2, 0) is 14.3 Å². The highest BCUT2D eigenvalue weighted by molar-refractivity contribution is 5.73. The van der Waals surface area contributed by atoms with Gasteiger partial charge in [-0.1, -0.05) is 6.92 Å². The van der Waals surface area contributed by atoms with Gasteiger partial charge in [-0.15, -0.1) is 0 Å². The van der Waals surface area contributed by atoms with Crippen LogP contribution in [0.3, 0.4) is 0 Å². The molecule has 1 aliphatic rings. The number of carbonyl (C=O) groups excluding carboxylic acids is 2. The van der Waals surface area contributed by atoms with Crippen molar-refractivity contribution in [3.63, 3.8) is 0 Å². The lowest BCUT2D eigenvalue weighted by Gasteiger charge is -2.38. The van der Waals surface area contributed by atoms with Crippen LogP contribution in [0, 0.1) is 5.92 Å². The number of ether oxygens (including phenoxy) is 1. The largest absolute Gasteiger partial charge is 0.469 e. The van der Waals surface area contributed by atoms with Crippen LogP contribution in [0.25, 0.3) is 0 Å². The Balaban J connectivity index is 2.49. The Bertz CT molecular complexity index is 307. The third kappa shape index (κ3) is 6.05. The number of hydrogen-bond donors (Lipinski definition) is 1. The fourth-order valence-corrected chi connectivity index (χ4v) is 2.83. The second kappa shape index (κ2) is 8.15. The van der Waals surface area contributed by atoms with E-state index in [1.165, 1.54) is 7.11 Å². The lowest BCUT2D eigenvalue weighted by atomic mass is 9.90. The summed E-state index contributed by atoms with van der Waals surface area (Å²) < 4.78 is 4.68. The summed E-state index contributed by atoms with van der Waals surface area (Å²) in [6.07, 6.45) is 3.37. The first-order valence-corrected chi connectivity index (χ1v) is 7.11. The predicted octanol–water partition coefficient (Wildman–Crippen LogP) is 1.18. The number of amides is 1. The van der Waals surface area contributed by atoms with Gasteiger partial charge in [0.05, 0.1) is 7.11 Å². The van der Waals surface area contributed by atoms with E-state index >= 15 is 0 Å². The molecule has 0 aromatic rings. The normalized spacial score (nSPS) is 23.9. The SMILES string of the molecule is CCCN1CC(CCC(=O)OC)CC(NC(C)=O)C1. The summed E-state index contributed by atoms with van der Waals surface area (Å²) in [5, 5.41) is 3.00. The summed E-state index contributed by atoms with van der Waals surface area (Å²) in [5.74, 6) is 0.329. The Morgan fingerprint density at radius 1 is 1.37 bits per heavy atom. The van der Waals surface area contributed by atoms with Crippen LogP contribution in [0.5, 0.6) is 0 Å². The van der Waals surface area contributed by atoms with Gasteiger partial charge in [0.1, 0.15) is 0 Å². The van der Waals surface area contributed by atoms with E-state index in [1.54, 1.807) is 6.92 Å². The Morgan fingerprint density at radius 3 is 2.68 bits per heavy atom. The lowest BCUT2D eigenvalue weighted by Crippen LogP contribution is -2.50. The number of piperidine rings is 1. The van der Waals surface area contributed by atoms with Crippen molar-refractivity contribution in [2.45, 2.75) is 45.6 Å². The first kappa shape index (κ1) is 16.0. The van der Waals surface area contributed by atoms with Crippen molar-refractivity contribution < 1.29 is 14.3 Å². The number of rotatable bonds is 6. The number of nitrogens with one attached hydrogen (secondary N) is 1. The number of nitrogens with zero attached hydrogens (tertiary/aromatic N) is 1. The van der Waals surface area contributed by atoms with E-state index in [4.69, 9.17) is 0 Å². The molecular formula is C14H26N2O3. The Labute approximate surface area is 115 Å². The van der Waals surface area contributed by atoms with Crippen LogP contribution < -0.4 is 5.32 Å². The van der Waals surface area contributed by atoms with Crippen LogP contribution in [0.15, 0.2) is 0 Å². The van der Waals surface area contributed by atoms with E-state index in [0.717, 1.165) is 38.9 Å². The van der Waals surface area contributed by atoms with E-state index in [2.05, 4.69) is 21.9 Å². The fraction of sp³-hybridized carbons (Fsp3) is 0.857. The summed E-state index contributed by atoms with van der Waals surface area (Å²) in [5.41, 5.74) is 0. The molecule has 1 saturated heterocycles. The van der Waals surface area contributed by atoms with Gasteiger partial charge in [0, 0.05) is 32.5 Å². The minimum Gasteiger partial charge on any atom is -0.469 e. The maximum absolute atomic E-state index is 11.2. The van der Waals surface area contributed by atoms with Gasteiger partial charge >= 0.3 is 5.97 Å². The molecule has 0 aromatic heterocycles. The van der Waals surface area contributed by atoms with Crippen LogP contribution in [0.2, 0.25) is 0 Å². The zero-order chi connectivity index (χ0) is 14.3. The molecule has 0 radical (unpaired) electrons. The van der Waals surface area contributed by atoms with E-state index in [1.807, 2.05) is 0 Å². The molecule has 1 heterocycles. The van der Waals surface area contributed by atoms with Crippen LogP contribution in [0.1, 0.15) is 39.5 Å². The zero-order valence-corrected chi connectivity index (χ0v) is 12.3. The molecule has 0 aromatic carbocycles. The van der Waals surface area contributed by atoms with Crippen molar-refractivity contribution in [1.29, 1.82) is 0 Å². The topological polar surface area (TPSA) is 58.6 Å². The molecule has 5 nitrogen and oxygen atoms in total. The molecular weight excluding hydrogens is 244 g/mol. The molecule has 0 spiro atoms. The first-order chi connectivity index (χ1) is 9.05. The number of methoxy groups -OCH3 is 1. The molecule has 1 aliphatic heterocycles. The Hall–Kier alpha value is -1.10. The molecule has 5 heteroatoms. The van der Waals surface area contributed by atoms with Gasteiger partial charge in [-0.05, 0) is 31.7 Å². The third-order valence-corrected chi connectivity index (χ3v) is 3.54. The predicted molar refractivity (Wildman–Crippen MR) is 73.7 cm³/mol. The minimum absolute atomic E-state index is 0.0232. The highest BCUT2D eigenvalue weighted by atomic mass is 16.5. The van der Waals surface area contributed by atoms with Crippen molar-refractivity contribution >= 4 is 11.9 Å².